The molecule has 0 saturated carbocycles. The van der Waals surface area contributed by atoms with Crippen LogP contribution < -0.4 is 4.90 Å². The maximum atomic E-state index is 5.37. The molecule has 0 spiro atoms. The molecule has 0 unspecified atom stereocenters. The Bertz CT molecular complexity index is 1090. The van der Waals surface area contributed by atoms with Gasteiger partial charge < -0.3 is 14.0 Å². The van der Waals surface area contributed by atoms with Gasteiger partial charge in [-0.2, -0.15) is 4.98 Å². The van der Waals surface area contributed by atoms with Crippen molar-refractivity contribution >= 4 is 17.4 Å². The second kappa shape index (κ2) is 9.13. The molecule has 2 aromatic carbocycles. The quantitative estimate of drug-likeness (QED) is 0.384. The first-order chi connectivity index (χ1) is 14.7. The van der Waals surface area contributed by atoms with E-state index in [-0.39, 0.29) is 0 Å². The van der Waals surface area contributed by atoms with Crippen LogP contribution >= 0.6 is 11.8 Å². The SMILES string of the molecule is CCN(CC)c1ccc(-c2nnc(SCc3noc(-c4ccccc4)n3)n2C)cc1. The minimum atomic E-state index is 0.526. The third kappa shape index (κ3) is 4.23. The number of thioether (sulfide) groups is 1. The monoisotopic (exact) mass is 420 g/mol. The molecule has 0 aliphatic rings. The molecular weight excluding hydrogens is 396 g/mol. The molecule has 30 heavy (non-hydrogen) atoms. The number of hydrogen-bond acceptors (Lipinski definition) is 7. The van der Waals surface area contributed by atoms with E-state index in [0.717, 1.165) is 35.2 Å². The summed E-state index contributed by atoms with van der Waals surface area (Å²) in [6.07, 6.45) is 0. The van der Waals surface area contributed by atoms with Crippen LogP contribution in [0.5, 0.6) is 0 Å². The molecule has 7 nitrogen and oxygen atoms in total. The van der Waals surface area contributed by atoms with E-state index in [1.165, 1.54) is 17.4 Å². The molecule has 4 rings (SSSR count). The lowest BCUT2D eigenvalue weighted by Gasteiger charge is -2.21. The van der Waals surface area contributed by atoms with Crippen molar-refractivity contribution in [3.63, 3.8) is 0 Å². The summed E-state index contributed by atoms with van der Waals surface area (Å²) in [5, 5.41) is 13.6. The molecule has 2 heterocycles. The normalized spacial score (nSPS) is 11.0. The first-order valence-corrected chi connectivity index (χ1v) is 10.9. The number of hydrogen-bond donors (Lipinski definition) is 0. The Hall–Kier alpha value is -3.13. The Morgan fingerprint density at radius 3 is 2.37 bits per heavy atom. The van der Waals surface area contributed by atoms with Gasteiger partial charge in [-0.15, -0.1) is 10.2 Å². The van der Waals surface area contributed by atoms with E-state index in [2.05, 4.69) is 63.4 Å². The van der Waals surface area contributed by atoms with Crippen LogP contribution in [0.25, 0.3) is 22.8 Å². The fraction of sp³-hybridized carbons (Fsp3) is 0.273. The molecule has 0 bridgehead atoms. The number of benzene rings is 2. The van der Waals surface area contributed by atoms with Gasteiger partial charge in [0, 0.05) is 37.0 Å². The zero-order chi connectivity index (χ0) is 20.9. The van der Waals surface area contributed by atoms with Gasteiger partial charge in [0.25, 0.3) is 5.89 Å². The number of nitrogens with zero attached hydrogens (tertiary/aromatic N) is 6. The molecule has 0 aliphatic carbocycles. The van der Waals surface area contributed by atoms with Crippen molar-refractivity contribution in [1.29, 1.82) is 0 Å². The summed E-state index contributed by atoms with van der Waals surface area (Å²) in [6, 6.07) is 18.2. The number of anilines is 1. The predicted molar refractivity (Wildman–Crippen MR) is 119 cm³/mol. The molecule has 154 valence electrons. The summed E-state index contributed by atoms with van der Waals surface area (Å²) < 4.78 is 7.37. The summed E-state index contributed by atoms with van der Waals surface area (Å²) in [5.74, 6) is 2.55. The van der Waals surface area contributed by atoms with E-state index in [0.29, 0.717) is 17.5 Å². The van der Waals surface area contributed by atoms with Gasteiger partial charge in [-0.05, 0) is 50.2 Å². The van der Waals surface area contributed by atoms with Gasteiger partial charge in [-0.25, -0.2) is 0 Å². The fourth-order valence-electron chi connectivity index (χ4n) is 3.24. The first-order valence-electron chi connectivity index (χ1n) is 9.95. The van der Waals surface area contributed by atoms with E-state index < -0.39 is 0 Å². The Morgan fingerprint density at radius 1 is 0.933 bits per heavy atom. The highest BCUT2D eigenvalue weighted by molar-refractivity contribution is 7.98. The number of aromatic nitrogens is 5. The molecule has 0 N–H and O–H groups in total. The van der Waals surface area contributed by atoms with Crippen LogP contribution in [0.1, 0.15) is 19.7 Å². The minimum Gasteiger partial charge on any atom is -0.372 e. The summed E-state index contributed by atoms with van der Waals surface area (Å²) in [6.45, 7) is 6.30. The van der Waals surface area contributed by atoms with Crippen molar-refractivity contribution in [2.24, 2.45) is 7.05 Å². The fourth-order valence-corrected chi connectivity index (χ4v) is 4.00. The molecule has 0 atom stereocenters. The Balaban J connectivity index is 1.44. The van der Waals surface area contributed by atoms with Gasteiger partial charge in [-0.3, -0.25) is 0 Å². The second-order valence-electron chi connectivity index (χ2n) is 6.75. The van der Waals surface area contributed by atoms with Crippen LogP contribution in [0.2, 0.25) is 0 Å². The van der Waals surface area contributed by atoms with Crippen LogP contribution in [0.4, 0.5) is 5.69 Å². The highest BCUT2D eigenvalue weighted by atomic mass is 32.2. The maximum Gasteiger partial charge on any atom is 0.257 e. The zero-order valence-corrected chi connectivity index (χ0v) is 18.1. The van der Waals surface area contributed by atoms with Crippen molar-refractivity contribution in [3.05, 3.63) is 60.4 Å². The lowest BCUT2D eigenvalue weighted by molar-refractivity contribution is 0.425. The third-order valence-electron chi connectivity index (χ3n) is 4.91. The smallest absolute Gasteiger partial charge is 0.257 e. The van der Waals surface area contributed by atoms with E-state index in [1.54, 1.807) is 0 Å². The molecular formula is C22H24N6OS. The van der Waals surface area contributed by atoms with Crippen LogP contribution in [-0.4, -0.2) is 38.0 Å². The first kappa shape index (κ1) is 20.2. The van der Waals surface area contributed by atoms with Gasteiger partial charge in [-0.1, -0.05) is 35.1 Å². The molecule has 0 radical (unpaired) electrons. The Morgan fingerprint density at radius 2 is 1.67 bits per heavy atom. The van der Waals surface area contributed by atoms with Crippen molar-refractivity contribution in [2.45, 2.75) is 24.8 Å². The molecule has 0 fully saturated rings. The molecule has 0 amide bonds. The maximum absolute atomic E-state index is 5.37. The lowest BCUT2D eigenvalue weighted by Crippen LogP contribution is -2.21. The van der Waals surface area contributed by atoms with Gasteiger partial charge >= 0.3 is 0 Å². The van der Waals surface area contributed by atoms with Crippen molar-refractivity contribution < 1.29 is 4.52 Å². The van der Waals surface area contributed by atoms with E-state index in [4.69, 9.17) is 4.52 Å². The highest BCUT2D eigenvalue weighted by Crippen LogP contribution is 2.27. The van der Waals surface area contributed by atoms with Gasteiger partial charge in [0.2, 0.25) is 0 Å². The number of rotatable bonds is 8. The standard InChI is InChI=1S/C22H24N6OS/c1-4-28(5-2)18-13-11-16(12-14-18)20-24-25-22(27(20)3)30-15-19-23-21(29-26-19)17-9-7-6-8-10-17/h6-14H,4-5,15H2,1-3H3. The lowest BCUT2D eigenvalue weighted by atomic mass is 10.2. The largest absolute Gasteiger partial charge is 0.372 e. The Labute approximate surface area is 180 Å². The average molecular weight is 421 g/mol. The molecule has 0 saturated heterocycles. The molecule has 2 aromatic heterocycles. The van der Waals surface area contributed by atoms with Crippen LogP contribution in [0, 0.1) is 0 Å². The summed E-state index contributed by atoms with van der Waals surface area (Å²) in [7, 11) is 1.97. The van der Waals surface area contributed by atoms with Gasteiger partial charge in [0.05, 0.1) is 5.75 Å². The van der Waals surface area contributed by atoms with Crippen molar-refractivity contribution in [1.82, 2.24) is 24.9 Å². The summed E-state index contributed by atoms with van der Waals surface area (Å²) >= 11 is 1.54. The average Bonchev–Trinajstić information content (AvgIpc) is 3.41. The zero-order valence-electron chi connectivity index (χ0n) is 17.3. The molecule has 0 aliphatic heterocycles. The highest BCUT2D eigenvalue weighted by Gasteiger charge is 2.14. The predicted octanol–water partition coefficient (Wildman–Crippen LogP) is 4.67. The van der Waals surface area contributed by atoms with Crippen molar-refractivity contribution in [3.8, 4) is 22.8 Å². The van der Waals surface area contributed by atoms with E-state index in [1.807, 2.05) is 41.9 Å². The second-order valence-corrected chi connectivity index (χ2v) is 7.70. The topological polar surface area (TPSA) is 72.9 Å². The molecule has 8 heteroatoms. The van der Waals surface area contributed by atoms with Crippen LogP contribution in [0.15, 0.2) is 64.3 Å². The Kier molecular flexibility index (Phi) is 6.13. The van der Waals surface area contributed by atoms with Crippen LogP contribution in [0.3, 0.4) is 0 Å². The summed E-state index contributed by atoms with van der Waals surface area (Å²) in [4.78, 5) is 6.79. The van der Waals surface area contributed by atoms with E-state index >= 15 is 0 Å². The van der Waals surface area contributed by atoms with Gasteiger partial charge in [0.15, 0.2) is 16.8 Å². The minimum absolute atomic E-state index is 0.526. The van der Waals surface area contributed by atoms with Crippen LogP contribution in [-0.2, 0) is 12.8 Å². The summed E-state index contributed by atoms with van der Waals surface area (Å²) in [5.41, 5.74) is 3.17. The third-order valence-corrected chi connectivity index (χ3v) is 5.92. The van der Waals surface area contributed by atoms with Gasteiger partial charge in [0.1, 0.15) is 0 Å². The van der Waals surface area contributed by atoms with Crippen molar-refractivity contribution in [2.75, 3.05) is 18.0 Å². The van der Waals surface area contributed by atoms with E-state index in [9.17, 15) is 0 Å². The molecule has 4 aromatic rings.